The lowest BCUT2D eigenvalue weighted by Crippen LogP contribution is -2.41. The summed E-state index contributed by atoms with van der Waals surface area (Å²) in [7, 11) is 1.66. The van der Waals surface area contributed by atoms with E-state index in [1.807, 2.05) is 4.90 Å². The Kier molecular flexibility index (Phi) is 4.00. The molecule has 0 aromatic heterocycles. The van der Waals surface area contributed by atoms with Gasteiger partial charge in [0, 0.05) is 13.7 Å². The summed E-state index contributed by atoms with van der Waals surface area (Å²) >= 11 is 5.74. The number of carbonyl (C=O) groups is 1. The fourth-order valence-corrected chi connectivity index (χ4v) is 1.85. The van der Waals surface area contributed by atoms with E-state index >= 15 is 0 Å². The number of rotatable bonds is 3. The summed E-state index contributed by atoms with van der Waals surface area (Å²) in [6.07, 6.45) is 2.09. The second-order valence-corrected chi connectivity index (χ2v) is 4.05. The van der Waals surface area contributed by atoms with Gasteiger partial charge in [0.1, 0.15) is 5.38 Å². The number of halogens is 1. The Hall–Kier alpha value is -0.280. The number of nitrogens with zero attached hydrogens (tertiary/aromatic N) is 1. The van der Waals surface area contributed by atoms with Gasteiger partial charge in [-0.05, 0) is 19.8 Å². The van der Waals surface area contributed by atoms with Crippen LogP contribution in [0.4, 0.5) is 0 Å². The molecule has 0 saturated carbocycles. The first-order chi connectivity index (χ1) is 6.16. The molecule has 0 aliphatic carbocycles. The Balaban J connectivity index is 2.52. The molecule has 4 heteroatoms. The number of amides is 1. The molecule has 1 rings (SSSR count). The number of methoxy groups -OCH3 is 1. The summed E-state index contributed by atoms with van der Waals surface area (Å²) in [4.78, 5) is 13.4. The normalized spacial score (nSPS) is 24.8. The van der Waals surface area contributed by atoms with Crippen LogP contribution in [0.1, 0.15) is 19.8 Å². The van der Waals surface area contributed by atoms with Crippen molar-refractivity contribution < 1.29 is 9.53 Å². The number of ether oxygens (including phenoxy) is 1. The molecule has 0 spiro atoms. The van der Waals surface area contributed by atoms with E-state index in [0.29, 0.717) is 6.61 Å². The highest BCUT2D eigenvalue weighted by atomic mass is 35.5. The van der Waals surface area contributed by atoms with Crippen LogP contribution in [0.2, 0.25) is 0 Å². The maximum absolute atomic E-state index is 11.6. The predicted octanol–water partition coefficient (Wildman–Crippen LogP) is 1.25. The summed E-state index contributed by atoms with van der Waals surface area (Å²) in [6.45, 7) is 3.16. The average Bonchev–Trinajstić information content (AvgIpc) is 2.52. The Morgan fingerprint density at radius 3 is 3.00 bits per heavy atom. The van der Waals surface area contributed by atoms with Gasteiger partial charge in [-0.15, -0.1) is 11.6 Å². The Bertz CT molecular complexity index is 184. The molecular formula is C9H16ClNO2. The molecule has 0 radical (unpaired) electrons. The maximum Gasteiger partial charge on any atom is 0.240 e. The van der Waals surface area contributed by atoms with Crippen LogP contribution in [0.5, 0.6) is 0 Å². The van der Waals surface area contributed by atoms with Crippen molar-refractivity contribution in [1.82, 2.24) is 4.90 Å². The van der Waals surface area contributed by atoms with E-state index in [9.17, 15) is 4.79 Å². The van der Waals surface area contributed by atoms with Crippen LogP contribution in [0, 0.1) is 0 Å². The van der Waals surface area contributed by atoms with Crippen molar-refractivity contribution in [3.8, 4) is 0 Å². The topological polar surface area (TPSA) is 29.5 Å². The monoisotopic (exact) mass is 205 g/mol. The molecule has 0 aromatic rings. The molecule has 2 atom stereocenters. The molecule has 1 heterocycles. The van der Waals surface area contributed by atoms with Gasteiger partial charge >= 0.3 is 0 Å². The van der Waals surface area contributed by atoms with Crippen molar-refractivity contribution in [3.63, 3.8) is 0 Å². The summed E-state index contributed by atoms with van der Waals surface area (Å²) in [6, 6.07) is 0.235. The quantitative estimate of drug-likeness (QED) is 0.650. The van der Waals surface area contributed by atoms with Gasteiger partial charge in [-0.1, -0.05) is 0 Å². The van der Waals surface area contributed by atoms with Crippen LogP contribution in [0.25, 0.3) is 0 Å². The number of hydrogen-bond acceptors (Lipinski definition) is 2. The van der Waals surface area contributed by atoms with Gasteiger partial charge < -0.3 is 9.64 Å². The zero-order valence-corrected chi connectivity index (χ0v) is 8.88. The molecule has 1 fully saturated rings. The zero-order valence-electron chi connectivity index (χ0n) is 8.12. The summed E-state index contributed by atoms with van der Waals surface area (Å²) in [5.74, 6) is 0.0289. The lowest BCUT2D eigenvalue weighted by atomic mass is 10.2. The van der Waals surface area contributed by atoms with Crippen LogP contribution < -0.4 is 0 Å². The van der Waals surface area contributed by atoms with Gasteiger partial charge in [0.25, 0.3) is 0 Å². The third-order valence-corrected chi connectivity index (χ3v) is 2.55. The first-order valence-electron chi connectivity index (χ1n) is 4.60. The third kappa shape index (κ3) is 2.58. The molecule has 1 aliphatic rings. The van der Waals surface area contributed by atoms with Crippen LogP contribution in [0.15, 0.2) is 0 Å². The number of carbonyl (C=O) groups excluding carboxylic acids is 1. The van der Waals surface area contributed by atoms with Gasteiger partial charge in [-0.2, -0.15) is 0 Å². The molecular weight excluding hydrogens is 190 g/mol. The molecule has 0 N–H and O–H groups in total. The molecule has 0 unspecified atom stereocenters. The summed E-state index contributed by atoms with van der Waals surface area (Å²) in [5.41, 5.74) is 0. The Morgan fingerprint density at radius 1 is 1.77 bits per heavy atom. The molecule has 0 aromatic carbocycles. The Morgan fingerprint density at radius 2 is 2.46 bits per heavy atom. The van der Waals surface area contributed by atoms with Crippen molar-refractivity contribution in [2.45, 2.75) is 31.2 Å². The maximum atomic E-state index is 11.6. The molecule has 13 heavy (non-hydrogen) atoms. The van der Waals surface area contributed by atoms with E-state index in [-0.39, 0.29) is 11.9 Å². The van der Waals surface area contributed by atoms with Crippen LogP contribution >= 0.6 is 11.6 Å². The predicted molar refractivity (Wildman–Crippen MR) is 51.9 cm³/mol. The highest BCUT2D eigenvalue weighted by Crippen LogP contribution is 2.19. The van der Waals surface area contributed by atoms with Crippen molar-refractivity contribution >= 4 is 17.5 Å². The van der Waals surface area contributed by atoms with Gasteiger partial charge in [0.15, 0.2) is 0 Å². The second kappa shape index (κ2) is 4.82. The SMILES string of the molecule is COC[C@H]1CCCN1C(=O)[C@H](C)Cl. The van der Waals surface area contributed by atoms with Gasteiger partial charge in [0.2, 0.25) is 5.91 Å². The van der Waals surface area contributed by atoms with E-state index < -0.39 is 5.38 Å². The molecule has 0 bridgehead atoms. The van der Waals surface area contributed by atoms with E-state index in [1.165, 1.54) is 0 Å². The second-order valence-electron chi connectivity index (χ2n) is 3.40. The molecule has 76 valence electrons. The average molecular weight is 206 g/mol. The van der Waals surface area contributed by atoms with Crippen LogP contribution in [0.3, 0.4) is 0 Å². The fourth-order valence-electron chi connectivity index (χ4n) is 1.72. The fraction of sp³-hybridized carbons (Fsp3) is 0.889. The standard InChI is InChI=1S/C9H16ClNO2/c1-7(10)9(12)11-5-3-4-8(11)6-13-2/h7-8H,3-6H2,1-2H3/t7-,8+/m0/s1. The van der Waals surface area contributed by atoms with E-state index in [2.05, 4.69) is 0 Å². The molecule has 1 amide bonds. The van der Waals surface area contributed by atoms with Crippen molar-refractivity contribution in [1.29, 1.82) is 0 Å². The minimum atomic E-state index is -0.419. The summed E-state index contributed by atoms with van der Waals surface area (Å²) in [5, 5.41) is -0.419. The van der Waals surface area contributed by atoms with Crippen LogP contribution in [-0.4, -0.2) is 42.5 Å². The van der Waals surface area contributed by atoms with E-state index in [1.54, 1.807) is 14.0 Å². The first-order valence-corrected chi connectivity index (χ1v) is 5.04. The number of alkyl halides is 1. The van der Waals surface area contributed by atoms with Crippen molar-refractivity contribution in [2.24, 2.45) is 0 Å². The minimum Gasteiger partial charge on any atom is -0.383 e. The highest BCUT2D eigenvalue weighted by molar-refractivity contribution is 6.30. The summed E-state index contributed by atoms with van der Waals surface area (Å²) < 4.78 is 5.05. The van der Waals surface area contributed by atoms with Crippen LogP contribution in [-0.2, 0) is 9.53 Å². The Labute approximate surface area is 84.0 Å². The lowest BCUT2D eigenvalue weighted by Gasteiger charge is -2.25. The van der Waals surface area contributed by atoms with E-state index in [0.717, 1.165) is 19.4 Å². The van der Waals surface area contributed by atoms with Crippen molar-refractivity contribution in [3.05, 3.63) is 0 Å². The van der Waals surface area contributed by atoms with E-state index in [4.69, 9.17) is 16.3 Å². The molecule has 1 saturated heterocycles. The third-order valence-electron chi connectivity index (χ3n) is 2.36. The van der Waals surface area contributed by atoms with Gasteiger partial charge in [-0.3, -0.25) is 4.79 Å². The largest absolute Gasteiger partial charge is 0.383 e. The van der Waals surface area contributed by atoms with Gasteiger partial charge in [-0.25, -0.2) is 0 Å². The first kappa shape index (κ1) is 10.8. The molecule has 3 nitrogen and oxygen atoms in total. The smallest absolute Gasteiger partial charge is 0.240 e. The molecule has 1 aliphatic heterocycles. The zero-order chi connectivity index (χ0) is 9.84. The lowest BCUT2D eigenvalue weighted by molar-refractivity contribution is -0.132. The highest BCUT2D eigenvalue weighted by Gasteiger charge is 2.30. The van der Waals surface area contributed by atoms with Crippen molar-refractivity contribution in [2.75, 3.05) is 20.3 Å². The van der Waals surface area contributed by atoms with Gasteiger partial charge in [0.05, 0.1) is 12.6 Å². The number of hydrogen-bond donors (Lipinski definition) is 0. The minimum absolute atomic E-state index is 0.0289. The number of likely N-dealkylation sites (tertiary alicyclic amines) is 1.